The molecule has 0 aliphatic heterocycles. The Hall–Kier alpha value is -2.11. The number of methoxy groups -OCH3 is 1. The first kappa shape index (κ1) is 14.8. The summed E-state index contributed by atoms with van der Waals surface area (Å²) < 4.78 is 13.2. The monoisotopic (exact) mass is 299 g/mol. The molecule has 5 heteroatoms. The van der Waals surface area contributed by atoms with E-state index in [1.165, 1.54) is 0 Å². The number of ether oxygens (including phenoxy) is 1. The molecule has 1 N–H and O–H groups in total. The highest BCUT2D eigenvalue weighted by Gasteiger charge is 2.16. The van der Waals surface area contributed by atoms with Gasteiger partial charge in [0.2, 0.25) is 0 Å². The lowest BCUT2D eigenvalue weighted by molar-refractivity contribution is 0.155. The van der Waals surface area contributed by atoms with Gasteiger partial charge in [-0.05, 0) is 24.3 Å². The molecule has 5 nitrogen and oxygen atoms in total. The Morgan fingerprint density at radius 3 is 3.00 bits per heavy atom. The van der Waals surface area contributed by atoms with Gasteiger partial charge >= 0.3 is 0 Å². The molecule has 3 heterocycles. The number of hydrogen-bond donors (Lipinski definition) is 1. The first-order valence-electron chi connectivity index (χ1n) is 7.53. The molecule has 3 aromatic heterocycles. The van der Waals surface area contributed by atoms with Crippen LogP contribution in [-0.4, -0.2) is 23.1 Å². The molecule has 1 atom stereocenters. The van der Waals surface area contributed by atoms with Gasteiger partial charge in [-0.2, -0.15) is 0 Å². The summed E-state index contributed by atoms with van der Waals surface area (Å²) in [5.74, 6) is 1.90. The van der Waals surface area contributed by atoms with E-state index < -0.39 is 0 Å². The van der Waals surface area contributed by atoms with Crippen molar-refractivity contribution in [1.29, 1.82) is 0 Å². The Kier molecular flexibility index (Phi) is 4.56. The minimum absolute atomic E-state index is 0.0274. The predicted octanol–water partition coefficient (Wildman–Crippen LogP) is 2.97. The number of rotatable bonds is 7. The van der Waals surface area contributed by atoms with Gasteiger partial charge in [-0.1, -0.05) is 13.0 Å². The van der Waals surface area contributed by atoms with Crippen molar-refractivity contribution in [3.63, 3.8) is 0 Å². The average molecular weight is 299 g/mol. The fourth-order valence-corrected chi connectivity index (χ4v) is 2.52. The highest BCUT2D eigenvalue weighted by Crippen LogP contribution is 2.18. The van der Waals surface area contributed by atoms with E-state index >= 15 is 0 Å². The smallest absolute Gasteiger partial charge is 0.136 e. The lowest BCUT2D eigenvalue weighted by atomic mass is 10.2. The minimum Gasteiger partial charge on any atom is -0.464 e. The molecule has 3 rings (SSSR count). The van der Waals surface area contributed by atoms with Gasteiger partial charge in [0.05, 0.1) is 24.5 Å². The Labute approximate surface area is 129 Å². The van der Waals surface area contributed by atoms with E-state index in [1.54, 1.807) is 7.11 Å². The topological polar surface area (TPSA) is 51.7 Å². The van der Waals surface area contributed by atoms with Gasteiger partial charge in [0.1, 0.15) is 17.2 Å². The fourth-order valence-electron chi connectivity index (χ4n) is 2.52. The minimum atomic E-state index is 0.0274. The van der Waals surface area contributed by atoms with Crippen molar-refractivity contribution in [3.8, 4) is 0 Å². The maximum atomic E-state index is 5.84. The third-order valence-electron chi connectivity index (χ3n) is 3.73. The van der Waals surface area contributed by atoms with E-state index in [0.717, 1.165) is 29.3 Å². The third kappa shape index (κ3) is 3.05. The first-order chi connectivity index (χ1) is 10.8. The molecule has 0 amide bonds. The normalized spacial score (nSPS) is 12.8. The van der Waals surface area contributed by atoms with Crippen LogP contribution in [0.4, 0.5) is 0 Å². The van der Waals surface area contributed by atoms with Gasteiger partial charge in [0.25, 0.3) is 0 Å². The Morgan fingerprint density at radius 2 is 2.23 bits per heavy atom. The van der Waals surface area contributed by atoms with Crippen LogP contribution in [0.3, 0.4) is 0 Å². The molecule has 0 radical (unpaired) electrons. The van der Waals surface area contributed by atoms with Crippen molar-refractivity contribution >= 4 is 5.65 Å². The molecule has 0 spiro atoms. The van der Waals surface area contributed by atoms with Crippen LogP contribution in [0.15, 0.2) is 47.1 Å². The van der Waals surface area contributed by atoms with Crippen molar-refractivity contribution in [2.75, 3.05) is 13.7 Å². The molecule has 22 heavy (non-hydrogen) atoms. The molecule has 0 saturated carbocycles. The number of aromatic nitrogens is 2. The predicted molar refractivity (Wildman–Crippen MR) is 84.7 cm³/mol. The van der Waals surface area contributed by atoms with Crippen LogP contribution >= 0.6 is 0 Å². The largest absolute Gasteiger partial charge is 0.464 e. The van der Waals surface area contributed by atoms with E-state index in [-0.39, 0.29) is 6.04 Å². The van der Waals surface area contributed by atoms with Crippen molar-refractivity contribution in [2.45, 2.75) is 25.9 Å². The second kappa shape index (κ2) is 6.77. The zero-order chi connectivity index (χ0) is 15.4. The Bertz CT molecular complexity index is 732. The second-order valence-electron chi connectivity index (χ2n) is 5.22. The summed E-state index contributed by atoms with van der Waals surface area (Å²) in [5.41, 5.74) is 2.06. The molecular formula is C17H21N3O2. The van der Waals surface area contributed by atoms with Gasteiger partial charge in [-0.25, -0.2) is 4.98 Å². The third-order valence-corrected chi connectivity index (χ3v) is 3.73. The van der Waals surface area contributed by atoms with Gasteiger partial charge < -0.3 is 13.6 Å². The molecule has 0 aliphatic rings. The molecule has 0 saturated heterocycles. The fraction of sp³-hybridized carbons (Fsp3) is 0.353. The van der Waals surface area contributed by atoms with E-state index in [1.807, 2.05) is 42.7 Å². The van der Waals surface area contributed by atoms with Gasteiger partial charge in [0, 0.05) is 26.3 Å². The highest BCUT2D eigenvalue weighted by atomic mass is 16.5. The van der Waals surface area contributed by atoms with E-state index in [9.17, 15) is 0 Å². The molecule has 0 aromatic carbocycles. The van der Waals surface area contributed by atoms with Gasteiger partial charge in [-0.15, -0.1) is 0 Å². The number of hydrogen-bond acceptors (Lipinski definition) is 4. The molecular weight excluding hydrogens is 278 g/mol. The SMILES string of the molecule is CCc1ccc(C(COC)NCc2cnc3ccccn23)o1. The zero-order valence-corrected chi connectivity index (χ0v) is 13.0. The van der Waals surface area contributed by atoms with Crippen LogP contribution in [0.1, 0.15) is 30.2 Å². The van der Waals surface area contributed by atoms with Crippen molar-refractivity contribution in [2.24, 2.45) is 0 Å². The average Bonchev–Trinajstić information content (AvgIpc) is 3.18. The summed E-state index contributed by atoms with van der Waals surface area (Å²) in [7, 11) is 1.70. The van der Waals surface area contributed by atoms with Crippen LogP contribution in [0.5, 0.6) is 0 Å². The summed E-state index contributed by atoms with van der Waals surface area (Å²) in [6.07, 6.45) is 4.81. The molecule has 116 valence electrons. The number of nitrogens with one attached hydrogen (secondary N) is 1. The summed E-state index contributed by atoms with van der Waals surface area (Å²) in [6.45, 7) is 3.34. The zero-order valence-electron chi connectivity index (χ0n) is 13.0. The number of pyridine rings is 1. The standard InChI is InChI=1S/C17H21N3O2/c1-3-14-7-8-16(22-14)15(12-21-2)18-10-13-11-19-17-6-4-5-9-20(13)17/h4-9,11,15,18H,3,10,12H2,1-2H3. The molecule has 0 aliphatic carbocycles. The van der Waals surface area contributed by atoms with Gasteiger partial charge in [0.15, 0.2) is 0 Å². The lowest BCUT2D eigenvalue weighted by Crippen LogP contribution is -2.25. The molecule has 0 fully saturated rings. The number of fused-ring (bicyclic) bond motifs is 1. The lowest BCUT2D eigenvalue weighted by Gasteiger charge is -2.15. The highest BCUT2D eigenvalue weighted by molar-refractivity contribution is 5.39. The van der Waals surface area contributed by atoms with Crippen LogP contribution in [0, 0.1) is 0 Å². The van der Waals surface area contributed by atoms with E-state index in [4.69, 9.17) is 9.15 Å². The molecule has 0 bridgehead atoms. The van der Waals surface area contributed by atoms with Crippen LogP contribution in [0.25, 0.3) is 5.65 Å². The summed E-state index contributed by atoms with van der Waals surface area (Å²) in [4.78, 5) is 4.40. The molecule has 3 aromatic rings. The van der Waals surface area contributed by atoms with Crippen LogP contribution < -0.4 is 5.32 Å². The maximum Gasteiger partial charge on any atom is 0.136 e. The van der Waals surface area contributed by atoms with Crippen molar-refractivity contribution in [3.05, 3.63) is 59.9 Å². The van der Waals surface area contributed by atoms with Crippen LogP contribution in [0.2, 0.25) is 0 Å². The summed E-state index contributed by atoms with van der Waals surface area (Å²) in [5, 5.41) is 3.49. The Morgan fingerprint density at radius 1 is 1.32 bits per heavy atom. The van der Waals surface area contributed by atoms with E-state index in [2.05, 4.69) is 21.6 Å². The number of imidazole rings is 1. The van der Waals surface area contributed by atoms with Gasteiger partial charge in [-0.3, -0.25) is 5.32 Å². The second-order valence-corrected chi connectivity index (χ2v) is 5.22. The number of furan rings is 1. The summed E-state index contributed by atoms with van der Waals surface area (Å²) >= 11 is 0. The number of aryl methyl sites for hydroxylation is 1. The van der Waals surface area contributed by atoms with E-state index in [0.29, 0.717) is 13.2 Å². The van der Waals surface area contributed by atoms with Crippen LogP contribution in [-0.2, 0) is 17.7 Å². The quantitative estimate of drug-likeness (QED) is 0.729. The van der Waals surface area contributed by atoms with Crippen molar-refractivity contribution < 1.29 is 9.15 Å². The molecule has 1 unspecified atom stereocenters. The first-order valence-corrected chi connectivity index (χ1v) is 7.53. The Balaban J connectivity index is 1.74. The summed E-state index contributed by atoms with van der Waals surface area (Å²) in [6, 6.07) is 10.1. The van der Waals surface area contributed by atoms with Crippen molar-refractivity contribution in [1.82, 2.24) is 14.7 Å². The number of nitrogens with zero attached hydrogens (tertiary/aromatic N) is 2. The maximum absolute atomic E-state index is 5.84.